The highest BCUT2D eigenvalue weighted by molar-refractivity contribution is 7.25. The monoisotopic (exact) mass is 434 g/mol. The Morgan fingerprint density at radius 1 is 0.581 bits per heavy atom. The summed E-state index contributed by atoms with van der Waals surface area (Å²) in [5, 5.41) is 20.8. The molecule has 5 rings (SSSR count). The van der Waals surface area contributed by atoms with E-state index >= 15 is 0 Å². The van der Waals surface area contributed by atoms with Gasteiger partial charge in [-0.25, -0.2) is 0 Å². The predicted molar refractivity (Wildman–Crippen MR) is 115 cm³/mol. The van der Waals surface area contributed by atoms with Crippen molar-refractivity contribution < 1.29 is 9.85 Å². The minimum Gasteiger partial charge on any atom is -0.288 e. The maximum atomic E-state index is 13.2. The van der Waals surface area contributed by atoms with Crippen LogP contribution < -0.4 is 21.7 Å². The topological polar surface area (TPSA) is 155 Å². The summed E-state index contributed by atoms with van der Waals surface area (Å²) in [6, 6.07) is 7.14. The summed E-state index contributed by atoms with van der Waals surface area (Å²) >= 11 is 0.544. The number of fused-ring (bicyclic) bond motifs is 5. The van der Waals surface area contributed by atoms with Gasteiger partial charge in [0.05, 0.1) is 30.0 Å². The maximum Gasteiger partial charge on any atom is 0.281 e. The summed E-state index contributed by atoms with van der Waals surface area (Å²) in [4.78, 5) is 73.6. The van der Waals surface area contributed by atoms with Gasteiger partial charge >= 0.3 is 0 Å². The van der Waals surface area contributed by atoms with Gasteiger partial charge in [-0.15, -0.1) is 11.3 Å². The van der Waals surface area contributed by atoms with Crippen LogP contribution in [0.15, 0.2) is 55.6 Å². The lowest BCUT2D eigenvalue weighted by Crippen LogP contribution is -2.16. The second-order valence-corrected chi connectivity index (χ2v) is 7.76. The summed E-state index contributed by atoms with van der Waals surface area (Å²) in [6.45, 7) is 0. The highest BCUT2D eigenvalue weighted by atomic mass is 32.1. The average molecular weight is 434 g/mol. The molecule has 5 aromatic rings. The van der Waals surface area contributed by atoms with Crippen LogP contribution in [0, 0.1) is 20.2 Å². The SMILES string of the molecule is O=c1c2sc3c(=O)c4c([N+](=O)[O-])cccc4c(=O)c3c2c(=O)c2cccc([N+](=O)[O-])c12. The molecule has 150 valence electrons. The third-order valence-electron chi connectivity index (χ3n) is 5.20. The molecule has 1 aromatic heterocycles. The number of hydrogen-bond donors (Lipinski definition) is 0. The van der Waals surface area contributed by atoms with Crippen LogP contribution in [0.1, 0.15) is 0 Å². The minimum absolute atomic E-state index is 0.239. The zero-order chi connectivity index (χ0) is 22.2. The standard InChI is InChI=1S/C20H6N2O8S/c23-15-7-3-1-5-9(21(27)28)11(7)17(25)19-13(15)14-16(24)8-4-2-6-10(22(29)30)12(8)18(26)20(14)31-19/h1-6H. The number of benzene rings is 4. The highest BCUT2D eigenvalue weighted by Crippen LogP contribution is 2.32. The summed E-state index contributed by atoms with van der Waals surface area (Å²) in [7, 11) is 0. The molecular weight excluding hydrogens is 428 g/mol. The predicted octanol–water partition coefficient (Wildman–Crippen LogP) is 2.49. The summed E-state index contributed by atoms with van der Waals surface area (Å²) in [5.41, 5.74) is -4.42. The van der Waals surface area contributed by atoms with Crippen molar-refractivity contribution >= 4 is 64.4 Å². The Labute approximate surface area is 172 Å². The molecule has 31 heavy (non-hydrogen) atoms. The number of rotatable bonds is 2. The van der Waals surface area contributed by atoms with E-state index in [1.54, 1.807) is 0 Å². The fourth-order valence-electron chi connectivity index (χ4n) is 3.92. The molecule has 0 atom stereocenters. The summed E-state index contributed by atoms with van der Waals surface area (Å²) in [6.07, 6.45) is 0. The van der Waals surface area contributed by atoms with Crippen molar-refractivity contribution in [3.8, 4) is 0 Å². The van der Waals surface area contributed by atoms with Crippen LogP contribution in [-0.2, 0) is 0 Å². The van der Waals surface area contributed by atoms with Gasteiger partial charge in [0, 0.05) is 22.9 Å². The highest BCUT2D eigenvalue weighted by Gasteiger charge is 2.27. The molecule has 4 aromatic carbocycles. The van der Waals surface area contributed by atoms with Crippen molar-refractivity contribution in [3.05, 3.63) is 97.5 Å². The molecule has 10 nitrogen and oxygen atoms in total. The average Bonchev–Trinajstić information content (AvgIpc) is 3.16. The smallest absolute Gasteiger partial charge is 0.281 e. The van der Waals surface area contributed by atoms with E-state index < -0.39 is 53.7 Å². The molecule has 0 N–H and O–H groups in total. The number of nitrogens with zero attached hydrogens (tertiary/aromatic N) is 2. The third kappa shape index (κ3) is 2.25. The van der Waals surface area contributed by atoms with Crippen LogP contribution in [0.4, 0.5) is 11.4 Å². The van der Waals surface area contributed by atoms with Crippen molar-refractivity contribution in [3.63, 3.8) is 0 Å². The molecule has 0 unspecified atom stereocenters. The molecule has 0 aliphatic rings. The number of thiophene rings is 1. The molecule has 0 aliphatic carbocycles. The van der Waals surface area contributed by atoms with Gasteiger partial charge in [0.1, 0.15) is 10.8 Å². The van der Waals surface area contributed by atoms with Crippen LogP contribution in [0.25, 0.3) is 41.7 Å². The molecule has 0 bridgehead atoms. The van der Waals surface area contributed by atoms with E-state index in [0.29, 0.717) is 11.3 Å². The lowest BCUT2D eigenvalue weighted by Gasteiger charge is -2.00. The Morgan fingerprint density at radius 2 is 0.968 bits per heavy atom. The van der Waals surface area contributed by atoms with Gasteiger partial charge in [-0.2, -0.15) is 0 Å². The van der Waals surface area contributed by atoms with E-state index in [1.165, 1.54) is 24.3 Å². The molecule has 11 heteroatoms. The van der Waals surface area contributed by atoms with Gasteiger partial charge in [0.25, 0.3) is 11.4 Å². The van der Waals surface area contributed by atoms with Crippen LogP contribution in [0.5, 0.6) is 0 Å². The maximum absolute atomic E-state index is 13.2. The fraction of sp³-hybridized carbons (Fsp3) is 0. The van der Waals surface area contributed by atoms with Gasteiger partial charge in [0.15, 0.2) is 10.9 Å². The Kier molecular flexibility index (Phi) is 3.64. The lowest BCUT2D eigenvalue weighted by atomic mass is 10.0. The molecule has 0 spiro atoms. The van der Waals surface area contributed by atoms with E-state index in [0.717, 1.165) is 12.1 Å². The molecule has 1 heterocycles. The third-order valence-corrected chi connectivity index (χ3v) is 6.38. The number of non-ortho nitro benzene ring substituents is 2. The molecule has 0 saturated carbocycles. The van der Waals surface area contributed by atoms with E-state index in [-0.39, 0.29) is 30.9 Å². The number of nitro groups is 2. The molecule has 0 saturated heterocycles. The Balaban J connectivity index is 2.17. The van der Waals surface area contributed by atoms with Gasteiger partial charge in [0.2, 0.25) is 10.9 Å². The second kappa shape index (κ2) is 6.06. The second-order valence-electron chi connectivity index (χ2n) is 6.74. The van der Waals surface area contributed by atoms with Crippen molar-refractivity contribution in [2.45, 2.75) is 0 Å². The molecule has 0 amide bonds. The Hall–Kier alpha value is -4.38. The van der Waals surface area contributed by atoms with Gasteiger partial charge in [-0.05, 0) is 12.1 Å². The van der Waals surface area contributed by atoms with E-state index in [4.69, 9.17) is 0 Å². The Morgan fingerprint density at radius 3 is 1.32 bits per heavy atom. The van der Waals surface area contributed by atoms with Crippen molar-refractivity contribution in [1.29, 1.82) is 0 Å². The first-order valence-electron chi connectivity index (χ1n) is 8.64. The van der Waals surface area contributed by atoms with Gasteiger partial charge in [-0.3, -0.25) is 39.4 Å². The molecule has 0 aliphatic heterocycles. The van der Waals surface area contributed by atoms with E-state index in [2.05, 4.69) is 0 Å². The molecule has 0 fully saturated rings. The first kappa shape index (κ1) is 18.6. The largest absolute Gasteiger partial charge is 0.288 e. The quantitative estimate of drug-likeness (QED) is 0.303. The van der Waals surface area contributed by atoms with E-state index in [1.807, 2.05) is 0 Å². The zero-order valence-electron chi connectivity index (χ0n) is 15.0. The number of nitro benzene ring substituents is 2. The van der Waals surface area contributed by atoms with Crippen molar-refractivity contribution in [1.82, 2.24) is 0 Å². The molecular formula is C20H6N2O8S. The Bertz CT molecular complexity index is 1740. The summed E-state index contributed by atoms with van der Waals surface area (Å²) in [5.74, 6) is 0. The summed E-state index contributed by atoms with van der Waals surface area (Å²) < 4.78 is -0.539. The van der Waals surface area contributed by atoms with Crippen LogP contribution in [0.3, 0.4) is 0 Å². The minimum atomic E-state index is -0.851. The number of hydrogen-bond acceptors (Lipinski definition) is 9. The fourth-order valence-corrected chi connectivity index (χ4v) is 5.11. The van der Waals surface area contributed by atoms with Crippen LogP contribution >= 0.6 is 11.3 Å². The van der Waals surface area contributed by atoms with Crippen molar-refractivity contribution in [2.75, 3.05) is 0 Å². The van der Waals surface area contributed by atoms with Crippen LogP contribution in [-0.4, -0.2) is 9.85 Å². The van der Waals surface area contributed by atoms with Gasteiger partial charge in [-0.1, -0.05) is 12.1 Å². The zero-order valence-corrected chi connectivity index (χ0v) is 15.8. The lowest BCUT2D eigenvalue weighted by molar-refractivity contribution is -0.383. The first-order chi connectivity index (χ1) is 14.7. The normalized spacial score (nSPS) is 11.6. The van der Waals surface area contributed by atoms with Crippen LogP contribution in [0.2, 0.25) is 0 Å². The van der Waals surface area contributed by atoms with Gasteiger partial charge < -0.3 is 0 Å². The molecule has 0 radical (unpaired) electrons. The van der Waals surface area contributed by atoms with E-state index in [9.17, 15) is 39.4 Å². The van der Waals surface area contributed by atoms with Crippen molar-refractivity contribution in [2.24, 2.45) is 0 Å². The first-order valence-corrected chi connectivity index (χ1v) is 9.46.